The summed E-state index contributed by atoms with van der Waals surface area (Å²) in [6.07, 6.45) is 3.32. The largest absolute Gasteiger partial charge is 0.396 e. The fourth-order valence-electron chi connectivity index (χ4n) is 4.42. The van der Waals surface area contributed by atoms with Crippen molar-refractivity contribution in [3.05, 3.63) is 59.8 Å². The van der Waals surface area contributed by atoms with E-state index in [2.05, 4.69) is 79.2 Å². The Balaban J connectivity index is 1.59. The summed E-state index contributed by atoms with van der Waals surface area (Å²) in [7, 11) is 0. The van der Waals surface area contributed by atoms with Crippen LogP contribution >= 0.6 is 0 Å². The molecular weight excluding hydrogens is 344 g/mol. The molecule has 3 heteroatoms. The molecule has 28 heavy (non-hydrogen) atoms. The molecule has 0 spiro atoms. The third-order valence-corrected chi connectivity index (χ3v) is 6.07. The van der Waals surface area contributed by atoms with Gasteiger partial charge in [-0.3, -0.25) is 4.90 Å². The number of hydrogen-bond acceptors (Lipinski definition) is 2. The van der Waals surface area contributed by atoms with E-state index in [9.17, 15) is 5.11 Å². The summed E-state index contributed by atoms with van der Waals surface area (Å²) in [4.78, 5) is 6.10. The van der Waals surface area contributed by atoms with Gasteiger partial charge in [0.25, 0.3) is 0 Å². The molecule has 0 bridgehead atoms. The Hall–Kier alpha value is -2.10. The van der Waals surface area contributed by atoms with Gasteiger partial charge in [0.05, 0.1) is 0 Å². The van der Waals surface area contributed by atoms with Crippen LogP contribution in [0.25, 0.3) is 22.0 Å². The highest BCUT2D eigenvalue weighted by Crippen LogP contribution is 2.30. The van der Waals surface area contributed by atoms with E-state index in [4.69, 9.17) is 0 Å². The van der Waals surface area contributed by atoms with Gasteiger partial charge in [-0.15, -0.1) is 0 Å². The number of aromatic amines is 1. The van der Waals surface area contributed by atoms with Gasteiger partial charge in [-0.25, -0.2) is 0 Å². The molecule has 0 radical (unpaired) electrons. The Morgan fingerprint density at radius 3 is 2.68 bits per heavy atom. The zero-order valence-corrected chi connectivity index (χ0v) is 17.3. The maximum absolute atomic E-state index is 9.30. The minimum Gasteiger partial charge on any atom is -0.396 e. The van der Waals surface area contributed by atoms with Crippen LogP contribution in [0.3, 0.4) is 0 Å². The highest BCUT2D eigenvalue weighted by molar-refractivity contribution is 5.86. The SMILES string of the molecule is CC(C)(C)c1cccc(-c2ccc3[nH]c(CN4CCCC4CCO)cc3c2)c1. The summed E-state index contributed by atoms with van der Waals surface area (Å²) in [5.41, 5.74) is 6.53. The van der Waals surface area contributed by atoms with Gasteiger partial charge in [-0.05, 0) is 66.1 Å². The minimum absolute atomic E-state index is 0.155. The van der Waals surface area contributed by atoms with E-state index in [1.54, 1.807) is 0 Å². The lowest BCUT2D eigenvalue weighted by Gasteiger charge is -2.23. The standard InChI is InChI=1S/C25H32N2O/c1-25(2,3)21-7-4-6-18(15-21)19-9-10-24-20(14-19)16-22(26-24)17-27-12-5-8-23(27)11-13-28/h4,6-7,9-10,14-16,23,26,28H,5,8,11-13,17H2,1-3H3. The van der Waals surface area contributed by atoms with Crippen LogP contribution in [0.1, 0.15) is 51.3 Å². The number of benzene rings is 2. The predicted molar refractivity (Wildman–Crippen MR) is 118 cm³/mol. The molecule has 2 N–H and O–H groups in total. The summed E-state index contributed by atoms with van der Waals surface area (Å²) in [6, 6.07) is 18.4. The minimum atomic E-state index is 0.155. The summed E-state index contributed by atoms with van der Waals surface area (Å²) < 4.78 is 0. The molecule has 1 saturated heterocycles. The molecule has 3 nitrogen and oxygen atoms in total. The smallest absolute Gasteiger partial charge is 0.0456 e. The Kier molecular flexibility index (Phi) is 5.31. The average molecular weight is 377 g/mol. The van der Waals surface area contributed by atoms with E-state index in [0.717, 1.165) is 19.5 Å². The molecule has 4 rings (SSSR count). The van der Waals surface area contributed by atoms with Gasteiger partial charge in [-0.1, -0.05) is 51.1 Å². The van der Waals surface area contributed by atoms with Crippen molar-refractivity contribution in [1.29, 1.82) is 0 Å². The van der Waals surface area contributed by atoms with Crippen LogP contribution in [-0.2, 0) is 12.0 Å². The zero-order valence-electron chi connectivity index (χ0n) is 17.3. The third-order valence-electron chi connectivity index (χ3n) is 6.07. The van der Waals surface area contributed by atoms with Crippen LogP contribution in [-0.4, -0.2) is 34.2 Å². The van der Waals surface area contributed by atoms with Gasteiger partial charge in [0.1, 0.15) is 0 Å². The predicted octanol–water partition coefficient (Wildman–Crippen LogP) is 5.48. The van der Waals surface area contributed by atoms with Crippen LogP contribution in [0.5, 0.6) is 0 Å². The molecule has 1 atom stereocenters. The first-order chi connectivity index (χ1) is 13.4. The number of aliphatic hydroxyl groups is 1. The van der Waals surface area contributed by atoms with Crippen molar-refractivity contribution in [3.8, 4) is 11.1 Å². The molecule has 1 aromatic heterocycles. The lowest BCUT2D eigenvalue weighted by atomic mass is 9.85. The van der Waals surface area contributed by atoms with Crippen LogP contribution in [0.2, 0.25) is 0 Å². The molecule has 3 aromatic rings. The molecule has 0 aliphatic carbocycles. The van der Waals surface area contributed by atoms with Crippen LogP contribution in [0.15, 0.2) is 48.5 Å². The number of aliphatic hydroxyl groups excluding tert-OH is 1. The van der Waals surface area contributed by atoms with Gasteiger partial charge in [-0.2, -0.15) is 0 Å². The van der Waals surface area contributed by atoms with Crippen LogP contribution in [0, 0.1) is 0 Å². The van der Waals surface area contributed by atoms with Gasteiger partial charge < -0.3 is 10.1 Å². The fourth-order valence-corrected chi connectivity index (χ4v) is 4.42. The monoisotopic (exact) mass is 376 g/mol. The molecular formula is C25H32N2O. The lowest BCUT2D eigenvalue weighted by Crippen LogP contribution is -2.29. The molecule has 2 aromatic carbocycles. The molecule has 0 saturated carbocycles. The fraction of sp³-hybridized carbons (Fsp3) is 0.440. The molecule has 1 aliphatic rings. The number of nitrogens with zero attached hydrogens (tertiary/aromatic N) is 1. The van der Waals surface area contributed by atoms with E-state index < -0.39 is 0 Å². The molecule has 2 heterocycles. The van der Waals surface area contributed by atoms with E-state index in [1.165, 1.54) is 46.1 Å². The maximum Gasteiger partial charge on any atom is 0.0456 e. The van der Waals surface area contributed by atoms with Crippen molar-refractivity contribution < 1.29 is 5.11 Å². The number of aromatic nitrogens is 1. The summed E-state index contributed by atoms with van der Waals surface area (Å²) in [6.45, 7) is 9.13. The third kappa shape index (κ3) is 4.01. The first-order valence-electron chi connectivity index (χ1n) is 10.5. The van der Waals surface area contributed by atoms with E-state index in [-0.39, 0.29) is 12.0 Å². The van der Waals surface area contributed by atoms with Crippen molar-refractivity contribution in [2.45, 2.75) is 58.0 Å². The average Bonchev–Trinajstić information content (AvgIpc) is 3.27. The highest BCUT2D eigenvalue weighted by atomic mass is 16.3. The van der Waals surface area contributed by atoms with Crippen molar-refractivity contribution in [2.75, 3.05) is 13.2 Å². The maximum atomic E-state index is 9.30. The summed E-state index contributed by atoms with van der Waals surface area (Å²) in [5, 5.41) is 10.6. The Morgan fingerprint density at radius 2 is 1.89 bits per heavy atom. The first kappa shape index (κ1) is 19.2. The molecule has 1 unspecified atom stereocenters. The van der Waals surface area contributed by atoms with Crippen LogP contribution in [0.4, 0.5) is 0 Å². The van der Waals surface area contributed by atoms with Crippen molar-refractivity contribution in [3.63, 3.8) is 0 Å². The first-order valence-corrected chi connectivity index (χ1v) is 10.5. The second-order valence-corrected chi connectivity index (χ2v) is 9.21. The van der Waals surface area contributed by atoms with Gasteiger partial charge in [0.2, 0.25) is 0 Å². The molecule has 1 aliphatic heterocycles. The number of likely N-dealkylation sites (tertiary alicyclic amines) is 1. The zero-order chi connectivity index (χ0) is 19.7. The summed E-state index contributed by atoms with van der Waals surface area (Å²) in [5.74, 6) is 0. The van der Waals surface area contributed by atoms with Crippen LogP contribution < -0.4 is 0 Å². The highest BCUT2D eigenvalue weighted by Gasteiger charge is 2.24. The molecule has 0 amide bonds. The van der Waals surface area contributed by atoms with Crippen molar-refractivity contribution >= 4 is 10.9 Å². The van der Waals surface area contributed by atoms with Gasteiger partial charge in [0.15, 0.2) is 0 Å². The molecule has 1 fully saturated rings. The van der Waals surface area contributed by atoms with Crippen molar-refractivity contribution in [1.82, 2.24) is 9.88 Å². The quantitative estimate of drug-likeness (QED) is 0.619. The number of H-pyrrole nitrogens is 1. The Labute approximate surface area is 168 Å². The van der Waals surface area contributed by atoms with Gasteiger partial charge in [0, 0.05) is 35.8 Å². The number of rotatable bonds is 5. The second-order valence-electron chi connectivity index (χ2n) is 9.21. The second kappa shape index (κ2) is 7.73. The van der Waals surface area contributed by atoms with Crippen molar-refractivity contribution in [2.24, 2.45) is 0 Å². The Bertz CT molecular complexity index is 951. The van der Waals surface area contributed by atoms with E-state index in [0.29, 0.717) is 6.04 Å². The summed E-state index contributed by atoms with van der Waals surface area (Å²) >= 11 is 0. The number of nitrogens with one attached hydrogen (secondary N) is 1. The van der Waals surface area contributed by atoms with E-state index >= 15 is 0 Å². The molecule has 148 valence electrons. The normalized spacial score (nSPS) is 18.2. The lowest BCUT2D eigenvalue weighted by molar-refractivity contribution is 0.188. The Morgan fingerprint density at radius 1 is 1.07 bits per heavy atom. The topological polar surface area (TPSA) is 39.3 Å². The number of hydrogen-bond donors (Lipinski definition) is 2. The number of fused-ring (bicyclic) bond motifs is 1. The van der Waals surface area contributed by atoms with Gasteiger partial charge >= 0.3 is 0 Å². The van der Waals surface area contributed by atoms with E-state index in [1.807, 2.05) is 0 Å².